The monoisotopic (exact) mass is 629 g/mol. The van der Waals surface area contributed by atoms with E-state index >= 15 is 0 Å². The van der Waals surface area contributed by atoms with E-state index in [4.69, 9.17) is 28.7 Å². The van der Waals surface area contributed by atoms with Crippen molar-refractivity contribution in [3.05, 3.63) is 95.9 Å². The Morgan fingerprint density at radius 1 is 1.07 bits per heavy atom. The van der Waals surface area contributed by atoms with E-state index in [-0.39, 0.29) is 19.0 Å². The van der Waals surface area contributed by atoms with Crippen LogP contribution in [0.4, 0.5) is 0 Å². The summed E-state index contributed by atoms with van der Waals surface area (Å²) in [6, 6.07) is 12.4. The fourth-order valence-electron chi connectivity index (χ4n) is 5.96. The molecular formula is C34H35N3O7S. The van der Waals surface area contributed by atoms with E-state index in [1.807, 2.05) is 51.1 Å². The molecule has 0 aliphatic carbocycles. The van der Waals surface area contributed by atoms with Gasteiger partial charge in [-0.3, -0.25) is 9.36 Å². The summed E-state index contributed by atoms with van der Waals surface area (Å²) in [4.78, 5) is 33.3. The van der Waals surface area contributed by atoms with Crippen LogP contribution >= 0.6 is 11.3 Å². The normalized spacial score (nSPS) is 15.6. The number of carbonyl (C=O) groups is 1. The maximum atomic E-state index is 14.3. The molecule has 0 bridgehead atoms. The third-order valence-corrected chi connectivity index (χ3v) is 8.98. The van der Waals surface area contributed by atoms with E-state index in [1.165, 1.54) is 11.3 Å². The molecule has 6 rings (SSSR count). The fourth-order valence-corrected chi connectivity index (χ4v) is 6.98. The van der Waals surface area contributed by atoms with Gasteiger partial charge in [0.15, 0.2) is 16.3 Å². The highest BCUT2D eigenvalue weighted by Crippen LogP contribution is 2.39. The smallest absolute Gasteiger partial charge is 0.338 e. The molecule has 0 fully saturated rings. The van der Waals surface area contributed by atoms with Crippen LogP contribution in [0, 0.1) is 13.8 Å². The second-order valence-corrected chi connectivity index (χ2v) is 11.7. The topological polar surface area (TPSA) is 103 Å². The lowest BCUT2D eigenvalue weighted by atomic mass is 9.93. The SMILES string of the molecule is CCCC1=C(C(=O)OCC)[C@H](c2cc(OC)ccc2OC)n2c(s/c(=C\c3cc(C)n(-c4ccc5c(c4)OCO5)c3C)c2=O)=N1. The number of esters is 1. The lowest BCUT2D eigenvalue weighted by molar-refractivity contribution is -0.139. The molecule has 0 unspecified atom stereocenters. The van der Waals surface area contributed by atoms with Gasteiger partial charge >= 0.3 is 5.97 Å². The van der Waals surface area contributed by atoms with E-state index in [0.717, 1.165) is 34.8 Å². The highest BCUT2D eigenvalue weighted by molar-refractivity contribution is 7.07. The van der Waals surface area contributed by atoms with Gasteiger partial charge in [0.1, 0.15) is 17.5 Å². The first kappa shape index (κ1) is 30.3. The predicted molar refractivity (Wildman–Crippen MR) is 171 cm³/mol. The molecule has 0 radical (unpaired) electrons. The molecule has 2 aromatic carbocycles. The van der Waals surface area contributed by atoms with E-state index in [9.17, 15) is 9.59 Å². The Morgan fingerprint density at radius 3 is 2.60 bits per heavy atom. The Morgan fingerprint density at radius 2 is 1.87 bits per heavy atom. The van der Waals surface area contributed by atoms with Crippen LogP contribution in [-0.4, -0.2) is 42.7 Å². The molecule has 234 valence electrons. The van der Waals surface area contributed by atoms with Crippen LogP contribution in [0.5, 0.6) is 23.0 Å². The van der Waals surface area contributed by atoms with Crippen molar-refractivity contribution in [2.24, 2.45) is 4.99 Å². The molecular weight excluding hydrogens is 594 g/mol. The second-order valence-electron chi connectivity index (χ2n) is 10.7. The molecule has 2 aliphatic heterocycles. The third kappa shape index (κ3) is 5.31. The van der Waals surface area contributed by atoms with Gasteiger partial charge in [-0.05, 0) is 75.2 Å². The molecule has 45 heavy (non-hydrogen) atoms. The number of allylic oxidation sites excluding steroid dienone is 1. The van der Waals surface area contributed by atoms with Gasteiger partial charge in [0.25, 0.3) is 5.56 Å². The Balaban J connectivity index is 1.55. The first-order valence-electron chi connectivity index (χ1n) is 14.8. The van der Waals surface area contributed by atoms with Crippen LogP contribution < -0.4 is 33.8 Å². The molecule has 0 spiro atoms. The van der Waals surface area contributed by atoms with Gasteiger partial charge in [-0.25, -0.2) is 9.79 Å². The van der Waals surface area contributed by atoms with Crippen LogP contribution in [0.25, 0.3) is 11.8 Å². The molecule has 10 nitrogen and oxygen atoms in total. The van der Waals surface area contributed by atoms with Crippen molar-refractivity contribution in [3.63, 3.8) is 0 Å². The number of ether oxygens (including phenoxy) is 5. The Labute approximate surface area is 264 Å². The molecule has 11 heteroatoms. The Hall–Kier alpha value is -4.77. The maximum absolute atomic E-state index is 14.3. The second kappa shape index (κ2) is 12.3. The summed E-state index contributed by atoms with van der Waals surface area (Å²) in [6.07, 6.45) is 3.19. The van der Waals surface area contributed by atoms with E-state index in [1.54, 1.807) is 43.9 Å². The molecule has 2 aliphatic rings. The van der Waals surface area contributed by atoms with Crippen LogP contribution in [0.2, 0.25) is 0 Å². The standard InChI is InChI=1S/C34H35N3O7S/c1-7-9-25-30(33(39)42-8-2)31(24-17-23(40-5)11-13-26(24)41-6)37-32(38)29(45-34(37)35-25)15-21-14-19(3)36(20(21)4)22-10-12-27-28(16-22)44-18-43-27/h10-17,31H,7-9,18H2,1-6H3/b29-15-/t31-/m0/s1. The minimum atomic E-state index is -0.824. The fraction of sp³-hybridized carbons (Fsp3) is 0.324. The number of aromatic nitrogens is 2. The summed E-state index contributed by atoms with van der Waals surface area (Å²) in [5, 5.41) is 0. The van der Waals surface area contributed by atoms with Crippen molar-refractivity contribution in [1.29, 1.82) is 0 Å². The number of fused-ring (bicyclic) bond motifs is 2. The predicted octanol–water partition coefficient (Wildman–Crippen LogP) is 4.73. The van der Waals surface area contributed by atoms with Gasteiger partial charge < -0.3 is 28.3 Å². The van der Waals surface area contributed by atoms with E-state index in [2.05, 4.69) is 4.57 Å². The van der Waals surface area contributed by atoms with Gasteiger partial charge in [0.2, 0.25) is 6.79 Å². The zero-order valence-corrected chi connectivity index (χ0v) is 26.9. The number of methoxy groups -OCH3 is 2. The van der Waals surface area contributed by atoms with Crippen LogP contribution in [0.15, 0.2) is 63.5 Å². The van der Waals surface area contributed by atoms with Crippen molar-refractivity contribution in [2.45, 2.75) is 46.6 Å². The van der Waals surface area contributed by atoms with Gasteiger partial charge in [-0.15, -0.1) is 0 Å². The summed E-state index contributed by atoms with van der Waals surface area (Å²) in [6.45, 7) is 8.21. The highest BCUT2D eigenvalue weighted by Gasteiger charge is 2.36. The van der Waals surface area contributed by atoms with Crippen molar-refractivity contribution < 1.29 is 28.5 Å². The number of rotatable bonds is 9. The number of thiazole rings is 1. The maximum Gasteiger partial charge on any atom is 0.338 e. The average Bonchev–Trinajstić information content (AvgIpc) is 3.71. The minimum Gasteiger partial charge on any atom is -0.497 e. The molecule has 4 aromatic rings. The van der Waals surface area contributed by atoms with Crippen LogP contribution in [0.3, 0.4) is 0 Å². The largest absolute Gasteiger partial charge is 0.497 e. The number of benzene rings is 2. The van der Waals surface area contributed by atoms with Gasteiger partial charge in [-0.1, -0.05) is 24.7 Å². The van der Waals surface area contributed by atoms with Crippen LogP contribution in [-0.2, 0) is 9.53 Å². The Bertz CT molecular complexity index is 2020. The summed E-state index contributed by atoms with van der Waals surface area (Å²) in [5.74, 6) is 1.99. The number of nitrogens with zero attached hydrogens (tertiary/aromatic N) is 3. The molecule has 1 atom stereocenters. The van der Waals surface area contributed by atoms with E-state index in [0.29, 0.717) is 49.8 Å². The summed E-state index contributed by atoms with van der Waals surface area (Å²) < 4.78 is 32.1. The van der Waals surface area contributed by atoms with Crippen molar-refractivity contribution in [1.82, 2.24) is 9.13 Å². The Kier molecular flexibility index (Phi) is 8.28. The summed E-state index contributed by atoms with van der Waals surface area (Å²) in [5.41, 5.74) is 5.05. The van der Waals surface area contributed by atoms with Gasteiger partial charge in [0, 0.05) is 28.7 Å². The lowest BCUT2D eigenvalue weighted by Gasteiger charge is -2.27. The molecule has 0 amide bonds. The van der Waals surface area contributed by atoms with Crippen molar-refractivity contribution >= 4 is 23.4 Å². The van der Waals surface area contributed by atoms with Crippen molar-refractivity contribution in [2.75, 3.05) is 27.6 Å². The van der Waals surface area contributed by atoms with Crippen LogP contribution in [0.1, 0.15) is 55.2 Å². The summed E-state index contributed by atoms with van der Waals surface area (Å²) >= 11 is 1.30. The first-order valence-corrected chi connectivity index (χ1v) is 15.6. The average molecular weight is 630 g/mol. The van der Waals surface area contributed by atoms with E-state index < -0.39 is 12.0 Å². The minimum absolute atomic E-state index is 0.188. The van der Waals surface area contributed by atoms with Gasteiger partial charge in [0.05, 0.1) is 36.6 Å². The lowest BCUT2D eigenvalue weighted by Crippen LogP contribution is -2.40. The zero-order valence-electron chi connectivity index (χ0n) is 26.1. The van der Waals surface area contributed by atoms with Gasteiger partial charge in [-0.2, -0.15) is 0 Å². The quantitative estimate of drug-likeness (QED) is 0.247. The number of aryl methyl sites for hydroxylation is 1. The summed E-state index contributed by atoms with van der Waals surface area (Å²) in [7, 11) is 3.13. The highest BCUT2D eigenvalue weighted by atomic mass is 32.1. The molecule has 0 saturated heterocycles. The zero-order chi connectivity index (χ0) is 31.8. The third-order valence-electron chi connectivity index (χ3n) is 7.99. The molecule has 4 heterocycles. The number of hydrogen-bond donors (Lipinski definition) is 0. The molecule has 0 N–H and O–H groups in total. The first-order chi connectivity index (χ1) is 21.8. The molecule has 0 saturated carbocycles. The van der Waals surface area contributed by atoms with Crippen molar-refractivity contribution in [3.8, 4) is 28.7 Å². The number of carbonyl (C=O) groups excluding carboxylic acids is 1. The molecule has 2 aromatic heterocycles. The number of hydrogen-bond acceptors (Lipinski definition) is 9.